The molecule has 1 N–H and O–H groups in total. The summed E-state index contributed by atoms with van der Waals surface area (Å²) in [7, 11) is 0. The van der Waals surface area contributed by atoms with Gasteiger partial charge in [0, 0.05) is 31.7 Å². The molecule has 1 saturated heterocycles. The predicted molar refractivity (Wildman–Crippen MR) is 125 cm³/mol. The first-order valence-electron chi connectivity index (χ1n) is 11.9. The lowest BCUT2D eigenvalue weighted by atomic mass is 9.84. The first-order valence-corrected chi connectivity index (χ1v) is 11.9. The second kappa shape index (κ2) is 10.6. The number of halogens is 3. The number of carbonyl (C=O) groups excluding carboxylic acids is 2. The van der Waals surface area contributed by atoms with Crippen LogP contribution in [0.5, 0.6) is 0 Å². The molecule has 2 aliphatic rings. The molecule has 1 aliphatic heterocycles. The van der Waals surface area contributed by atoms with Gasteiger partial charge in [0.25, 0.3) is 5.91 Å². The van der Waals surface area contributed by atoms with E-state index in [2.05, 4.69) is 17.4 Å². The molecule has 1 aliphatic carbocycles. The maximum Gasteiger partial charge on any atom is 0.418 e. The van der Waals surface area contributed by atoms with E-state index in [1.807, 2.05) is 17.0 Å². The molecule has 182 valence electrons. The lowest BCUT2D eigenvalue weighted by Gasteiger charge is -2.34. The average molecular weight is 474 g/mol. The molecule has 2 aromatic rings. The zero-order valence-corrected chi connectivity index (χ0v) is 19.1. The number of alkyl halides is 3. The van der Waals surface area contributed by atoms with Crippen LogP contribution in [0.4, 0.5) is 18.9 Å². The Labute approximate surface area is 197 Å². The number of hydrogen-bond acceptors (Lipinski definition) is 3. The molecule has 2 aromatic carbocycles. The van der Waals surface area contributed by atoms with E-state index < -0.39 is 17.6 Å². The molecule has 2 fully saturated rings. The van der Waals surface area contributed by atoms with Gasteiger partial charge in [0.15, 0.2) is 0 Å². The largest absolute Gasteiger partial charge is 0.418 e. The highest BCUT2D eigenvalue weighted by Crippen LogP contribution is 2.35. The molecule has 1 heterocycles. The summed E-state index contributed by atoms with van der Waals surface area (Å²) in [5.74, 6) is 0.0591. The fourth-order valence-electron chi connectivity index (χ4n) is 4.86. The van der Waals surface area contributed by atoms with Gasteiger partial charge in [0.2, 0.25) is 5.91 Å². The van der Waals surface area contributed by atoms with Gasteiger partial charge in [-0.1, -0.05) is 43.5 Å². The number of nitrogens with zero attached hydrogens (tertiary/aromatic N) is 2. The minimum atomic E-state index is -4.54. The summed E-state index contributed by atoms with van der Waals surface area (Å²) in [6.07, 6.45) is 1.73. The van der Waals surface area contributed by atoms with Crippen molar-refractivity contribution in [2.24, 2.45) is 0 Å². The highest BCUT2D eigenvalue weighted by molar-refractivity contribution is 5.94. The Balaban J connectivity index is 1.27. The van der Waals surface area contributed by atoms with E-state index in [4.69, 9.17) is 0 Å². The molecule has 0 bridgehead atoms. The van der Waals surface area contributed by atoms with Crippen molar-refractivity contribution in [2.45, 2.75) is 44.2 Å². The second-order valence-electron chi connectivity index (χ2n) is 9.12. The Morgan fingerprint density at radius 3 is 2.18 bits per heavy atom. The van der Waals surface area contributed by atoms with Crippen LogP contribution in [-0.4, -0.2) is 54.3 Å². The van der Waals surface area contributed by atoms with Gasteiger partial charge in [0.1, 0.15) is 0 Å². The molecular formula is C26H30F3N3O2. The number of hydrogen-bond donors (Lipinski definition) is 1. The number of benzene rings is 2. The monoisotopic (exact) mass is 473 g/mol. The van der Waals surface area contributed by atoms with E-state index in [1.54, 1.807) is 4.90 Å². The SMILES string of the molecule is O=C(CN1CCN(C(=O)c2ccc(C3CCCCC3)cc2)CC1)Nc1ccccc1C(F)(F)F. The van der Waals surface area contributed by atoms with Gasteiger partial charge in [-0.25, -0.2) is 0 Å². The third-order valence-electron chi connectivity index (χ3n) is 6.77. The maximum atomic E-state index is 13.1. The van der Waals surface area contributed by atoms with Crippen LogP contribution in [0.3, 0.4) is 0 Å². The number of para-hydroxylation sites is 1. The summed E-state index contributed by atoms with van der Waals surface area (Å²) in [6.45, 7) is 1.88. The quantitative estimate of drug-likeness (QED) is 0.654. The maximum absolute atomic E-state index is 13.1. The third kappa shape index (κ3) is 5.97. The summed E-state index contributed by atoms with van der Waals surface area (Å²) in [5.41, 5.74) is 0.854. The van der Waals surface area contributed by atoms with Crippen molar-refractivity contribution < 1.29 is 22.8 Å². The first-order chi connectivity index (χ1) is 16.3. The van der Waals surface area contributed by atoms with E-state index in [0.717, 1.165) is 6.07 Å². The number of nitrogens with one attached hydrogen (secondary N) is 1. The van der Waals surface area contributed by atoms with Crippen molar-refractivity contribution in [3.05, 3.63) is 65.2 Å². The van der Waals surface area contributed by atoms with Crippen LogP contribution in [0.1, 0.15) is 59.5 Å². The summed E-state index contributed by atoms with van der Waals surface area (Å²) in [4.78, 5) is 28.9. The van der Waals surface area contributed by atoms with Crippen LogP contribution in [0.15, 0.2) is 48.5 Å². The van der Waals surface area contributed by atoms with Crippen LogP contribution < -0.4 is 5.32 Å². The first kappa shape index (κ1) is 24.3. The molecule has 1 saturated carbocycles. The summed E-state index contributed by atoms with van der Waals surface area (Å²) >= 11 is 0. The summed E-state index contributed by atoms with van der Waals surface area (Å²) in [5, 5.41) is 2.38. The van der Waals surface area contributed by atoms with Crippen molar-refractivity contribution in [1.82, 2.24) is 9.80 Å². The normalized spacial score (nSPS) is 18.0. The number of piperazine rings is 1. The Hall–Kier alpha value is -2.87. The zero-order chi connectivity index (χ0) is 24.1. The van der Waals surface area contributed by atoms with Gasteiger partial charge in [-0.3, -0.25) is 14.5 Å². The van der Waals surface area contributed by atoms with E-state index >= 15 is 0 Å². The molecule has 0 atom stereocenters. The summed E-state index contributed by atoms with van der Waals surface area (Å²) in [6, 6.07) is 12.9. The van der Waals surface area contributed by atoms with Crippen LogP contribution >= 0.6 is 0 Å². The fraction of sp³-hybridized carbons (Fsp3) is 0.462. The van der Waals surface area contributed by atoms with Crippen LogP contribution in [0.25, 0.3) is 0 Å². The minimum Gasteiger partial charge on any atom is -0.336 e. The Bertz CT molecular complexity index is 993. The van der Waals surface area contributed by atoms with Crippen molar-refractivity contribution in [3.8, 4) is 0 Å². The number of carbonyl (C=O) groups is 2. The topological polar surface area (TPSA) is 52.7 Å². The fourth-order valence-corrected chi connectivity index (χ4v) is 4.86. The minimum absolute atomic E-state index is 0.0235. The highest BCUT2D eigenvalue weighted by Gasteiger charge is 2.33. The zero-order valence-electron chi connectivity index (χ0n) is 19.1. The van der Waals surface area contributed by atoms with Gasteiger partial charge in [0.05, 0.1) is 17.8 Å². The van der Waals surface area contributed by atoms with E-state index in [1.165, 1.54) is 55.9 Å². The second-order valence-corrected chi connectivity index (χ2v) is 9.12. The van der Waals surface area contributed by atoms with Gasteiger partial charge >= 0.3 is 6.18 Å². The molecule has 4 rings (SSSR count). The number of rotatable bonds is 5. The average Bonchev–Trinajstić information content (AvgIpc) is 2.84. The standard InChI is InChI=1S/C26H30F3N3O2/c27-26(28,29)22-8-4-5-9-23(22)30-24(33)18-31-14-16-32(17-15-31)25(34)21-12-10-20(11-13-21)19-6-2-1-3-7-19/h4-5,8-13,19H,1-3,6-7,14-18H2,(H,30,33). The van der Waals surface area contributed by atoms with E-state index in [9.17, 15) is 22.8 Å². The van der Waals surface area contributed by atoms with Crippen molar-refractivity contribution >= 4 is 17.5 Å². The van der Waals surface area contributed by atoms with Gasteiger partial charge in [-0.05, 0) is 48.6 Å². The third-order valence-corrected chi connectivity index (χ3v) is 6.77. The highest BCUT2D eigenvalue weighted by atomic mass is 19.4. The summed E-state index contributed by atoms with van der Waals surface area (Å²) < 4.78 is 39.4. The van der Waals surface area contributed by atoms with Crippen molar-refractivity contribution in [1.29, 1.82) is 0 Å². The van der Waals surface area contributed by atoms with E-state index in [0.29, 0.717) is 37.7 Å². The molecule has 34 heavy (non-hydrogen) atoms. The van der Waals surface area contributed by atoms with Crippen molar-refractivity contribution in [3.63, 3.8) is 0 Å². The predicted octanol–water partition coefficient (Wildman–Crippen LogP) is 5.15. The Morgan fingerprint density at radius 2 is 1.53 bits per heavy atom. The number of amides is 2. The van der Waals surface area contributed by atoms with Gasteiger partial charge in [-0.15, -0.1) is 0 Å². The smallest absolute Gasteiger partial charge is 0.336 e. The molecule has 0 unspecified atom stereocenters. The Kier molecular flexibility index (Phi) is 7.56. The van der Waals surface area contributed by atoms with Gasteiger partial charge < -0.3 is 10.2 Å². The number of anilines is 1. The van der Waals surface area contributed by atoms with Crippen molar-refractivity contribution in [2.75, 3.05) is 38.0 Å². The molecule has 5 nitrogen and oxygen atoms in total. The lowest BCUT2D eigenvalue weighted by Crippen LogP contribution is -2.50. The molecular weight excluding hydrogens is 443 g/mol. The molecule has 2 amide bonds. The molecule has 0 aromatic heterocycles. The van der Waals surface area contributed by atoms with Gasteiger partial charge in [-0.2, -0.15) is 13.2 Å². The van der Waals surface area contributed by atoms with Crippen LogP contribution in [-0.2, 0) is 11.0 Å². The van der Waals surface area contributed by atoms with E-state index in [-0.39, 0.29) is 18.1 Å². The molecule has 0 spiro atoms. The van der Waals surface area contributed by atoms with Crippen LogP contribution in [0, 0.1) is 0 Å². The molecule has 0 radical (unpaired) electrons. The Morgan fingerprint density at radius 1 is 0.882 bits per heavy atom. The molecule has 8 heteroatoms. The lowest BCUT2D eigenvalue weighted by molar-refractivity contribution is -0.137. The van der Waals surface area contributed by atoms with Crippen LogP contribution in [0.2, 0.25) is 0 Å².